The van der Waals surface area contributed by atoms with Crippen LogP contribution in [-0.4, -0.2) is 24.5 Å². The Hall–Kier alpha value is -0.920. The van der Waals surface area contributed by atoms with E-state index in [0.29, 0.717) is 13.0 Å². The average molecular weight is 341 g/mol. The number of hydrogen-bond acceptors (Lipinski definition) is 3. The molecule has 21 heavy (non-hydrogen) atoms. The van der Waals surface area contributed by atoms with Gasteiger partial charge in [-0.25, -0.2) is 0 Å². The molecular formula is C13H16ClF3N2OS. The Bertz CT molecular complexity index is 505. The third-order valence-corrected chi connectivity index (χ3v) is 3.84. The van der Waals surface area contributed by atoms with Gasteiger partial charge in [0.25, 0.3) is 0 Å². The van der Waals surface area contributed by atoms with Gasteiger partial charge >= 0.3 is 5.51 Å². The molecule has 1 aromatic carbocycles. The molecule has 0 saturated carbocycles. The van der Waals surface area contributed by atoms with Crippen LogP contribution in [0.2, 0.25) is 0 Å². The molecule has 1 amide bonds. The van der Waals surface area contributed by atoms with Crippen molar-refractivity contribution in [3.05, 3.63) is 23.8 Å². The molecule has 1 fully saturated rings. The molecule has 8 heteroatoms. The van der Waals surface area contributed by atoms with Crippen LogP contribution >= 0.6 is 24.2 Å². The molecular weight excluding hydrogens is 325 g/mol. The second-order valence-corrected chi connectivity index (χ2v) is 5.83. The fourth-order valence-corrected chi connectivity index (χ4v) is 2.78. The second kappa shape index (κ2) is 7.38. The number of nitrogens with one attached hydrogen (secondary N) is 2. The van der Waals surface area contributed by atoms with Crippen LogP contribution in [0.15, 0.2) is 23.1 Å². The molecule has 0 radical (unpaired) electrons. The van der Waals surface area contributed by atoms with E-state index in [9.17, 15) is 18.0 Å². The molecule has 0 bridgehead atoms. The standard InChI is InChI=1S/C13H15F3N2OS.ClH/c1-8-2-3-10(11(6-8)20-13(14,15)16)18-12(19)9-4-5-17-7-9;/h2-3,6,9,17H,4-5,7H2,1H3,(H,18,19);1H. The van der Waals surface area contributed by atoms with E-state index in [1.807, 2.05) is 0 Å². The summed E-state index contributed by atoms with van der Waals surface area (Å²) in [6.07, 6.45) is 0.708. The van der Waals surface area contributed by atoms with Crippen molar-refractivity contribution in [2.75, 3.05) is 18.4 Å². The van der Waals surface area contributed by atoms with Crippen molar-refractivity contribution in [2.45, 2.75) is 23.7 Å². The van der Waals surface area contributed by atoms with Crippen molar-refractivity contribution in [3.8, 4) is 0 Å². The van der Waals surface area contributed by atoms with Crippen molar-refractivity contribution >= 4 is 35.8 Å². The molecule has 0 aliphatic carbocycles. The molecule has 2 rings (SSSR count). The maximum Gasteiger partial charge on any atom is 0.446 e. The lowest BCUT2D eigenvalue weighted by atomic mass is 10.1. The van der Waals surface area contributed by atoms with E-state index in [2.05, 4.69) is 10.6 Å². The molecule has 0 aromatic heterocycles. The number of alkyl halides is 3. The highest BCUT2D eigenvalue weighted by atomic mass is 35.5. The monoisotopic (exact) mass is 340 g/mol. The van der Waals surface area contributed by atoms with Gasteiger partial charge in [-0.05, 0) is 49.3 Å². The first kappa shape index (κ1) is 18.1. The Labute approximate surface area is 131 Å². The van der Waals surface area contributed by atoms with Gasteiger partial charge < -0.3 is 10.6 Å². The predicted molar refractivity (Wildman–Crippen MR) is 79.9 cm³/mol. The Morgan fingerprint density at radius 3 is 2.71 bits per heavy atom. The van der Waals surface area contributed by atoms with E-state index < -0.39 is 5.51 Å². The second-order valence-electron chi connectivity index (χ2n) is 4.73. The van der Waals surface area contributed by atoms with E-state index >= 15 is 0 Å². The van der Waals surface area contributed by atoms with Gasteiger partial charge in [0.2, 0.25) is 5.91 Å². The summed E-state index contributed by atoms with van der Waals surface area (Å²) in [7, 11) is 0. The largest absolute Gasteiger partial charge is 0.446 e. The Morgan fingerprint density at radius 1 is 1.43 bits per heavy atom. The minimum Gasteiger partial charge on any atom is -0.325 e. The number of thioether (sulfide) groups is 1. The molecule has 0 spiro atoms. The van der Waals surface area contributed by atoms with Crippen LogP contribution in [0, 0.1) is 12.8 Å². The highest BCUT2D eigenvalue weighted by molar-refractivity contribution is 8.00. The molecule has 3 nitrogen and oxygen atoms in total. The van der Waals surface area contributed by atoms with Gasteiger partial charge in [0.15, 0.2) is 0 Å². The fraction of sp³-hybridized carbons (Fsp3) is 0.462. The maximum absolute atomic E-state index is 12.5. The first-order chi connectivity index (χ1) is 9.35. The Balaban J connectivity index is 0.00000220. The normalized spacial score (nSPS) is 18.2. The van der Waals surface area contributed by atoms with Gasteiger partial charge in [-0.15, -0.1) is 12.4 Å². The van der Waals surface area contributed by atoms with Crippen LogP contribution < -0.4 is 10.6 Å². The van der Waals surface area contributed by atoms with E-state index in [1.54, 1.807) is 13.0 Å². The van der Waals surface area contributed by atoms with Crippen LogP contribution in [0.1, 0.15) is 12.0 Å². The molecule has 1 unspecified atom stereocenters. The van der Waals surface area contributed by atoms with E-state index in [4.69, 9.17) is 0 Å². The first-order valence-electron chi connectivity index (χ1n) is 6.23. The van der Waals surface area contributed by atoms with Gasteiger partial charge in [0.05, 0.1) is 11.6 Å². The summed E-state index contributed by atoms with van der Waals surface area (Å²) in [4.78, 5) is 12.0. The van der Waals surface area contributed by atoms with Gasteiger partial charge in [-0.3, -0.25) is 4.79 Å². The molecule has 1 aliphatic rings. The summed E-state index contributed by atoms with van der Waals surface area (Å²) in [6, 6.07) is 4.63. The van der Waals surface area contributed by atoms with E-state index in [0.717, 1.165) is 12.1 Å². The van der Waals surface area contributed by atoms with Crippen LogP contribution in [0.5, 0.6) is 0 Å². The molecule has 1 heterocycles. The topological polar surface area (TPSA) is 41.1 Å². The number of benzene rings is 1. The minimum absolute atomic E-state index is 0. The van der Waals surface area contributed by atoms with Crippen LogP contribution in [0.3, 0.4) is 0 Å². The SMILES string of the molecule is Cc1ccc(NC(=O)C2CCNC2)c(SC(F)(F)F)c1.Cl. The van der Waals surface area contributed by atoms with Crippen molar-refractivity contribution in [1.29, 1.82) is 0 Å². The molecule has 118 valence electrons. The summed E-state index contributed by atoms with van der Waals surface area (Å²) in [5, 5.41) is 5.66. The third-order valence-electron chi connectivity index (χ3n) is 3.05. The molecule has 2 N–H and O–H groups in total. The predicted octanol–water partition coefficient (Wildman–Crippen LogP) is 3.58. The van der Waals surface area contributed by atoms with Gasteiger partial charge in [0.1, 0.15) is 0 Å². The van der Waals surface area contributed by atoms with Crippen molar-refractivity contribution in [1.82, 2.24) is 5.32 Å². The van der Waals surface area contributed by atoms with E-state index in [1.165, 1.54) is 12.1 Å². The smallest absolute Gasteiger partial charge is 0.325 e. The molecule has 1 saturated heterocycles. The Morgan fingerprint density at radius 2 is 2.14 bits per heavy atom. The molecule has 1 atom stereocenters. The number of aryl methyl sites for hydroxylation is 1. The summed E-state index contributed by atoms with van der Waals surface area (Å²) in [6.45, 7) is 3.04. The quantitative estimate of drug-likeness (QED) is 0.826. The lowest BCUT2D eigenvalue weighted by Crippen LogP contribution is -2.25. The van der Waals surface area contributed by atoms with Crippen LogP contribution in [-0.2, 0) is 4.79 Å². The lowest BCUT2D eigenvalue weighted by molar-refractivity contribution is -0.119. The van der Waals surface area contributed by atoms with Crippen LogP contribution in [0.25, 0.3) is 0 Å². The average Bonchev–Trinajstić information content (AvgIpc) is 2.84. The fourth-order valence-electron chi connectivity index (χ4n) is 2.06. The summed E-state index contributed by atoms with van der Waals surface area (Å²) in [5.41, 5.74) is -3.44. The summed E-state index contributed by atoms with van der Waals surface area (Å²) in [5.74, 6) is -0.414. The number of carbonyl (C=O) groups excluding carboxylic acids is 1. The number of amides is 1. The van der Waals surface area contributed by atoms with Crippen molar-refractivity contribution in [3.63, 3.8) is 0 Å². The minimum atomic E-state index is -4.37. The Kier molecular flexibility index (Phi) is 6.37. The van der Waals surface area contributed by atoms with Gasteiger partial charge in [-0.1, -0.05) is 6.07 Å². The number of carbonyl (C=O) groups is 1. The summed E-state index contributed by atoms with van der Waals surface area (Å²) < 4.78 is 37.6. The highest BCUT2D eigenvalue weighted by Gasteiger charge is 2.31. The zero-order valence-corrected chi connectivity index (χ0v) is 12.9. The number of hydrogen-bond donors (Lipinski definition) is 2. The van der Waals surface area contributed by atoms with Crippen molar-refractivity contribution < 1.29 is 18.0 Å². The molecule has 1 aromatic rings. The summed E-state index contributed by atoms with van der Waals surface area (Å²) >= 11 is -0.204. The van der Waals surface area contributed by atoms with Gasteiger partial charge in [0, 0.05) is 11.4 Å². The van der Waals surface area contributed by atoms with Crippen molar-refractivity contribution in [2.24, 2.45) is 5.92 Å². The molecule has 1 aliphatic heterocycles. The third kappa shape index (κ3) is 5.41. The lowest BCUT2D eigenvalue weighted by Gasteiger charge is -2.15. The van der Waals surface area contributed by atoms with Gasteiger partial charge in [-0.2, -0.15) is 13.2 Å². The zero-order valence-electron chi connectivity index (χ0n) is 11.3. The first-order valence-corrected chi connectivity index (χ1v) is 7.05. The maximum atomic E-state index is 12.5. The number of rotatable bonds is 3. The highest BCUT2D eigenvalue weighted by Crippen LogP contribution is 2.41. The number of halogens is 4. The zero-order chi connectivity index (χ0) is 14.8. The number of anilines is 1. The van der Waals surface area contributed by atoms with E-state index in [-0.39, 0.29) is 46.6 Å². The van der Waals surface area contributed by atoms with Crippen LogP contribution in [0.4, 0.5) is 18.9 Å².